The predicted octanol–water partition coefficient (Wildman–Crippen LogP) is 1.32. The van der Waals surface area contributed by atoms with Gasteiger partial charge in [-0.3, -0.25) is 14.7 Å². The molecule has 1 saturated heterocycles. The minimum Gasteiger partial charge on any atom is -0.361 e. The van der Waals surface area contributed by atoms with E-state index < -0.39 is 0 Å². The summed E-state index contributed by atoms with van der Waals surface area (Å²) < 4.78 is 5.14. The molecule has 3 rings (SSSR count). The normalized spacial score (nSPS) is 15.3. The number of hydrogen-bond donors (Lipinski definition) is 1. The summed E-state index contributed by atoms with van der Waals surface area (Å²) in [5.41, 5.74) is 2.34. The lowest BCUT2D eigenvalue weighted by molar-refractivity contribution is -0.131. The second-order valence-corrected chi connectivity index (χ2v) is 6.30. The number of hydrogen-bond acceptors (Lipinski definition) is 5. The van der Waals surface area contributed by atoms with Crippen molar-refractivity contribution in [3.63, 3.8) is 0 Å². The van der Waals surface area contributed by atoms with Gasteiger partial charge >= 0.3 is 0 Å². The molecule has 1 aliphatic heterocycles. The standard InChI is InChI=1S/C17H23N5O3/c1-12-14(13(2)25-20-12)4-5-16(23)21-8-3-9-22(11-10-21)17(24)15-6-7-18-19-15/h6-7H,3-5,8-11H2,1-2H3,(H,18,19). The van der Waals surface area contributed by atoms with Gasteiger partial charge in [-0.05, 0) is 32.8 Å². The summed E-state index contributed by atoms with van der Waals surface area (Å²) in [5.74, 6) is 0.816. The van der Waals surface area contributed by atoms with Crippen LogP contribution in [0.5, 0.6) is 0 Å². The van der Waals surface area contributed by atoms with Crippen LogP contribution in [0.3, 0.4) is 0 Å². The molecule has 2 amide bonds. The predicted molar refractivity (Wildman–Crippen MR) is 90.0 cm³/mol. The molecule has 0 aromatic carbocycles. The second-order valence-electron chi connectivity index (χ2n) is 6.30. The highest BCUT2D eigenvalue weighted by molar-refractivity contribution is 5.92. The highest BCUT2D eigenvalue weighted by Gasteiger charge is 2.23. The molecule has 0 spiro atoms. The Hall–Kier alpha value is -2.64. The van der Waals surface area contributed by atoms with Gasteiger partial charge < -0.3 is 14.3 Å². The molecule has 0 radical (unpaired) electrons. The van der Waals surface area contributed by atoms with Crippen LogP contribution < -0.4 is 0 Å². The third-order valence-corrected chi connectivity index (χ3v) is 4.64. The highest BCUT2D eigenvalue weighted by atomic mass is 16.5. The molecular formula is C17H23N5O3. The Bertz CT molecular complexity index is 718. The summed E-state index contributed by atoms with van der Waals surface area (Å²) >= 11 is 0. The molecular weight excluding hydrogens is 322 g/mol. The fourth-order valence-electron chi connectivity index (χ4n) is 3.16. The van der Waals surface area contributed by atoms with Crippen molar-refractivity contribution in [1.82, 2.24) is 25.2 Å². The van der Waals surface area contributed by atoms with E-state index in [1.807, 2.05) is 18.7 Å². The minimum absolute atomic E-state index is 0.0671. The molecule has 25 heavy (non-hydrogen) atoms. The Morgan fingerprint density at radius 1 is 1.20 bits per heavy atom. The van der Waals surface area contributed by atoms with Gasteiger partial charge in [-0.15, -0.1) is 0 Å². The number of nitrogens with zero attached hydrogens (tertiary/aromatic N) is 4. The van der Waals surface area contributed by atoms with Gasteiger partial charge in [-0.25, -0.2) is 0 Å². The molecule has 8 heteroatoms. The Balaban J connectivity index is 1.54. The summed E-state index contributed by atoms with van der Waals surface area (Å²) in [4.78, 5) is 28.5. The monoisotopic (exact) mass is 345 g/mol. The van der Waals surface area contributed by atoms with Gasteiger partial charge in [-0.2, -0.15) is 5.10 Å². The lowest BCUT2D eigenvalue weighted by Crippen LogP contribution is -2.37. The third kappa shape index (κ3) is 3.89. The number of H-pyrrole nitrogens is 1. The Morgan fingerprint density at radius 3 is 2.64 bits per heavy atom. The van der Waals surface area contributed by atoms with Crippen molar-refractivity contribution in [2.24, 2.45) is 0 Å². The number of nitrogens with one attached hydrogen (secondary N) is 1. The summed E-state index contributed by atoms with van der Waals surface area (Å²) in [6.45, 7) is 6.17. The average molecular weight is 345 g/mol. The summed E-state index contributed by atoms with van der Waals surface area (Å²) in [7, 11) is 0. The first-order valence-corrected chi connectivity index (χ1v) is 8.54. The van der Waals surface area contributed by atoms with Gasteiger partial charge in [0.25, 0.3) is 5.91 Å². The van der Waals surface area contributed by atoms with E-state index in [0.717, 1.165) is 23.4 Å². The summed E-state index contributed by atoms with van der Waals surface area (Å²) in [5, 5.41) is 10.4. The van der Waals surface area contributed by atoms with Crippen LogP contribution in [0, 0.1) is 13.8 Å². The van der Waals surface area contributed by atoms with Gasteiger partial charge in [0.1, 0.15) is 11.5 Å². The summed E-state index contributed by atoms with van der Waals surface area (Å²) in [6, 6.07) is 1.67. The number of rotatable bonds is 4. The molecule has 0 saturated carbocycles. The molecule has 3 heterocycles. The van der Waals surface area contributed by atoms with Crippen LogP contribution in [0.15, 0.2) is 16.8 Å². The lowest BCUT2D eigenvalue weighted by Gasteiger charge is -2.22. The minimum atomic E-state index is -0.0671. The first-order valence-electron chi connectivity index (χ1n) is 8.54. The van der Waals surface area contributed by atoms with E-state index in [0.29, 0.717) is 44.7 Å². The molecule has 0 unspecified atom stereocenters. The fraction of sp³-hybridized carbons (Fsp3) is 0.529. The molecule has 134 valence electrons. The smallest absolute Gasteiger partial charge is 0.271 e. The molecule has 0 aliphatic carbocycles. The number of aromatic amines is 1. The van der Waals surface area contributed by atoms with Gasteiger partial charge in [0.15, 0.2) is 0 Å². The molecule has 0 atom stereocenters. The summed E-state index contributed by atoms with van der Waals surface area (Å²) in [6.07, 6.45) is 3.40. The Kier molecular flexibility index (Phi) is 5.16. The van der Waals surface area contributed by atoms with E-state index in [-0.39, 0.29) is 11.8 Å². The van der Waals surface area contributed by atoms with Crippen LogP contribution in [0.1, 0.15) is 40.3 Å². The number of aromatic nitrogens is 3. The van der Waals surface area contributed by atoms with Crippen LogP contribution in [0.4, 0.5) is 0 Å². The zero-order valence-corrected chi connectivity index (χ0v) is 14.6. The first-order chi connectivity index (χ1) is 12.1. The first kappa shape index (κ1) is 17.2. The van der Waals surface area contributed by atoms with Crippen molar-refractivity contribution in [1.29, 1.82) is 0 Å². The van der Waals surface area contributed by atoms with E-state index >= 15 is 0 Å². The van der Waals surface area contributed by atoms with E-state index in [9.17, 15) is 9.59 Å². The van der Waals surface area contributed by atoms with Crippen LogP contribution in [-0.4, -0.2) is 63.1 Å². The van der Waals surface area contributed by atoms with Crippen LogP contribution in [0.25, 0.3) is 0 Å². The molecule has 1 aliphatic rings. The topological polar surface area (TPSA) is 95.3 Å². The van der Waals surface area contributed by atoms with Crippen molar-refractivity contribution in [3.8, 4) is 0 Å². The number of aryl methyl sites for hydroxylation is 2. The van der Waals surface area contributed by atoms with Gasteiger partial charge in [0, 0.05) is 44.4 Å². The van der Waals surface area contributed by atoms with E-state index in [2.05, 4.69) is 15.4 Å². The van der Waals surface area contributed by atoms with Gasteiger partial charge in [0.05, 0.1) is 5.69 Å². The molecule has 1 N–H and O–H groups in total. The van der Waals surface area contributed by atoms with Crippen molar-refractivity contribution in [2.75, 3.05) is 26.2 Å². The zero-order chi connectivity index (χ0) is 17.8. The van der Waals surface area contributed by atoms with Gasteiger partial charge in [0.2, 0.25) is 5.91 Å². The Labute approximate surface area is 146 Å². The zero-order valence-electron chi connectivity index (χ0n) is 14.6. The van der Waals surface area contributed by atoms with Crippen LogP contribution >= 0.6 is 0 Å². The van der Waals surface area contributed by atoms with E-state index in [4.69, 9.17) is 4.52 Å². The maximum Gasteiger partial charge on any atom is 0.271 e. The van der Waals surface area contributed by atoms with E-state index in [1.54, 1.807) is 17.2 Å². The molecule has 1 fully saturated rings. The molecule has 0 bridgehead atoms. The fourth-order valence-corrected chi connectivity index (χ4v) is 3.16. The number of carbonyl (C=O) groups is 2. The largest absolute Gasteiger partial charge is 0.361 e. The van der Waals surface area contributed by atoms with Crippen LogP contribution in [-0.2, 0) is 11.2 Å². The van der Waals surface area contributed by atoms with Crippen LogP contribution in [0.2, 0.25) is 0 Å². The van der Waals surface area contributed by atoms with Crippen molar-refractivity contribution in [2.45, 2.75) is 33.1 Å². The quantitative estimate of drug-likeness (QED) is 0.902. The molecule has 2 aromatic heterocycles. The van der Waals surface area contributed by atoms with Crippen molar-refractivity contribution in [3.05, 3.63) is 35.0 Å². The lowest BCUT2D eigenvalue weighted by atomic mass is 10.1. The second kappa shape index (κ2) is 7.50. The highest BCUT2D eigenvalue weighted by Crippen LogP contribution is 2.16. The molecule has 8 nitrogen and oxygen atoms in total. The van der Waals surface area contributed by atoms with Gasteiger partial charge in [-0.1, -0.05) is 5.16 Å². The average Bonchev–Trinajstić information content (AvgIpc) is 3.16. The maximum absolute atomic E-state index is 12.5. The maximum atomic E-state index is 12.5. The van der Waals surface area contributed by atoms with E-state index in [1.165, 1.54) is 0 Å². The third-order valence-electron chi connectivity index (χ3n) is 4.64. The van der Waals surface area contributed by atoms with Crippen molar-refractivity contribution >= 4 is 11.8 Å². The number of amides is 2. The SMILES string of the molecule is Cc1noc(C)c1CCC(=O)N1CCCN(C(=O)c2ccn[nH]2)CC1. The van der Waals surface area contributed by atoms with Crippen molar-refractivity contribution < 1.29 is 14.1 Å². The number of carbonyl (C=O) groups excluding carboxylic acids is 2. The molecule has 2 aromatic rings. The Morgan fingerprint density at radius 2 is 1.96 bits per heavy atom.